The summed E-state index contributed by atoms with van der Waals surface area (Å²) in [7, 11) is 3.14. The maximum atomic E-state index is 13.9. The number of likely N-dealkylation sites (tertiary alicyclic amines) is 1. The highest BCUT2D eigenvalue weighted by molar-refractivity contribution is 5.77. The van der Waals surface area contributed by atoms with Crippen LogP contribution in [0.15, 0.2) is 47.3 Å². The Morgan fingerprint density at radius 3 is 2.83 bits per heavy atom. The topological polar surface area (TPSA) is 55.2 Å². The number of nitrogens with zero attached hydrogens (tertiary/aromatic N) is 2. The number of halogens is 1. The molecule has 1 aliphatic heterocycles. The molecule has 1 aromatic heterocycles. The molecule has 1 aliphatic rings. The number of carbonyl (C=O) groups excluding carboxylic acids is 1. The van der Waals surface area contributed by atoms with E-state index in [4.69, 9.17) is 13.9 Å². The highest BCUT2D eigenvalue weighted by atomic mass is 19.1. The lowest BCUT2D eigenvalue weighted by Crippen LogP contribution is -2.41. The highest BCUT2D eigenvalue weighted by Crippen LogP contribution is 2.34. The summed E-state index contributed by atoms with van der Waals surface area (Å²) in [5.41, 5.74) is 2.07. The zero-order valence-corrected chi connectivity index (χ0v) is 17.1. The lowest BCUT2D eigenvalue weighted by atomic mass is 9.88. The minimum Gasteiger partial charge on any atom is -0.472 e. The Morgan fingerprint density at radius 1 is 1.28 bits per heavy atom. The van der Waals surface area contributed by atoms with Gasteiger partial charge in [0.2, 0.25) is 5.91 Å². The molecule has 6 nitrogen and oxygen atoms in total. The van der Waals surface area contributed by atoms with Crippen LogP contribution in [0.4, 0.5) is 4.39 Å². The van der Waals surface area contributed by atoms with E-state index in [1.807, 2.05) is 12.1 Å². The quantitative estimate of drug-likeness (QED) is 0.610. The molecule has 1 fully saturated rings. The van der Waals surface area contributed by atoms with Gasteiger partial charge >= 0.3 is 0 Å². The molecule has 1 amide bonds. The van der Waals surface area contributed by atoms with Crippen molar-refractivity contribution >= 4 is 5.91 Å². The second kappa shape index (κ2) is 10.5. The first-order valence-corrected chi connectivity index (χ1v) is 9.85. The molecule has 1 aromatic carbocycles. The van der Waals surface area contributed by atoms with Gasteiger partial charge in [0.05, 0.1) is 19.1 Å². The van der Waals surface area contributed by atoms with Crippen LogP contribution >= 0.6 is 0 Å². The Hall–Kier alpha value is -2.22. The van der Waals surface area contributed by atoms with Crippen LogP contribution in [0.1, 0.15) is 17.0 Å². The summed E-state index contributed by atoms with van der Waals surface area (Å²) in [6.45, 7) is 3.97. The van der Waals surface area contributed by atoms with E-state index >= 15 is 0 Å². The van der Waals surface area contributed by atoms with E-state index in [2.05, 4.69) is 4.90 Å². The number of methoxy groups -OCH3 is 2. The first-order valence-electron chi connectivity index (χ1n) is 9.85. The maximum Gasteiger partial charge on any atom is 0.248 e. The van der Waals surface area contributed by atoms with Crippen molar-refractivity contribution in [1.82, 2.24) is 9.80 Å². The standard InChI is InChI=1S/C22H29FN2O4/c1-27-9-7-25(22(26)16-28-2)13-19-12-24(11-17-6-8-29-15-17)14-21(19)18-4-3-5-20(23)10-18/h3-6,8,10,15,19,21H,7,9,11-14,16H2,1-2H3. The average Bonchev–Trinajstić information content (AvgIpc) is 3.35. The van der Waals surface area contributed by atoms with Crippen LogP contribution in [0.5, 0.6) is 0 Å². The van der Waals surface area contributed by atoms with Crippen LogP contribution in [0.2, 0.25) is 0 Å². The fourth-order valence-electron chi connectivity index (χ4n) is 4.05. The minimum atomic E-state index is -0.235. The number of benzene rings is 1. The summed E-state index contributed by atoms with van der Waals surface area (Å²) < 4.78 is 29.3. The Morgan fingerprint density at radius 2 is 2.14 bits per heavy atom. The van der Waals surface area contributed by atoms with Crippen LogP contribution < -0.4 is 0 Å². The molecule has 29 heavy (non-hydrogen) atoms. The Labute approximate surface area is 171 Å². The van der Waals surface area contributed by atoms with Crippen LogP contribution in [0.3, 0.4) is 0 Å². The zero-order chi connectivity index (χ0) is 20.6. The summed E-state index contributed by atoms with van der Waals surface area (Å²) in [6, 6.07) is 8.74. The molecule has 0 radical (unpaired) electrons. The number of hydrogen-bond acceptors (Lipinski definition) is 5. The van der Waals surface area contributed by atoms with Crippen molar-refractivity contribution in [3.05, 3.63) is 59.8 Å². The monoisotopic (exact) mass is 404 g/mol. The van der Waals surface area contributed by atoms with Gasteiger partial charge in [0.25, 0.3) is 0 Å². The molecule has 2 heterocycles. The molecular weight excluding hydrogens is 375 g/mol. The first kappa shape index (κ1) is 21.5. The molecule has 0 aliphatic carbocycles. The van der Waals surface area contributed by atoms with E-state index in [0.717, 1.165) is 30.8 Å². The van der Waals surface area contributed by atoms with E-state index in [1.54, 1.807) is 36.7 Å². The summed E-state index contributed by atoms with van der Waals surface area (Å²) >= 11 is 0. The second-order valence-electron chi connectivity index (χ2n) is 7.51. The molecule has 2 unspecified atom stereocenters. The van der Waals surface area contributed by atoms with Crippen molar-refractivity contribution in [3.8, 4) is 0 Å². The molecule has 2 atom stereocenters. The molecule has 2 aromatic rings. The minimum absolute atomic E-state index is 0.0415. The van der Waals surface area contributed by atoms with Crippen LogP contribution in [0.25, 0.3) is 0 Å². The van der Waals surface area contributed by atoms with Crippen LogP contribution in [0, 0.1) is 11.7 Å². The van der Waals surface area contributed by atoms with E-state index in [-0.39, 0.29) is 30.2 Å². The van der Waals surface area contributed by atoms with E-state index < -0.39 is 0 Å². The van der Waals surface area contributed by atoms with Crippen molar-refractivity contribution in [2.75, 3.05) is 53.6 Å². The summed E-state index contributed by atoms with van der Waals surface area (Å²) in [6.07, 6.45) is 3.42. The number of ether oxygens (including phenoxy) is 2. The molecule has 158 valence electrons. The highest BCUT2D eigenvalue weighted by Gasteiger charge is 2.36. The number of carbonyl (C=O) groups is 1. The predicted molar refractivity (Wildman–Crippen MR) is 107 cm³/mol. The molecule has 0 saturated carbocycles. The van der Waals surface area contributed by atoms with E-state index in [1.165, 1.54) is 13.2 Å². The third-order valence-electron chi connectivity index (χ3n) is 5.42. The van der Waals surface area contributed by atoms with Gasteiger partial charge in [-0.3, -0.25) is 9.69 Å². The Bertz CT molecular complexity index is 768. The van der Waals surface area contributed by atoms with Crippen molar-refractivity contribution in [2.24, 2.45) is 5.92 Å². The van der Waals surface area contributed by atoms with Crippen LogP contribution in [-0.2, 0) is 20.8 Å². The van der Waals surface area contributed by atoms with Gasteiger partial charge in [0.1, 0.15) is 12.4 Å². The number of hydrogen-bond donors (Lipinski definition) is 0. The van der Waals surface area contributed by atoms with E-state index in [0.29, 0.717) is 19.7 Å². The molecule has 3 rings (SSSR count). The zero-order valence-electron chi connectivity index (χ0n) is 17.1. The summed E-state index contributed by atoms with van der Waals surface area (Å²) in [4.78, 5) is 16.7. The molecule has 0 spiro atoms. The number of rotatable bonds is 10. The van der Waals surface area contributed by atoms with Crippen LogP contribution in [-0.4, -0.2) is 69.3 Å². The third kappa shape index (κ3) is 5.88. The lowest BCUT2D eigenvalue weighted by Gasteiger charge is -2.28. The van der Waals surface area contributed by atoms with Gasteiger partial charge in [-0.25, -0.2) is 4.39 Å². The fraction of sp³-hybridized carbons (Fsp3) is 0.500. The fourth-order valence-corrected chi connectivity index (χ4v) is 4.05. The first-order chi connectivity index (χ1) is 14.1. The predicted octanol–water partition coefficient (Wildman–Crippen LogP) is 2.76. The number of furan rings is 1. The molecular formula is C22H29FN2O4. The molecule has 0 bridgehead atoms. The van der Waals surface area contributed by atoms with Gasteiger partial charge in [-0.15, -0.1) is 0 Å². The molecule has 7 heteroatoms. The normalized spacial score (nSPS) is 19.6. The van der Waals surface area contributed by atoms with E-state index in [9.17, 15) is 9.18 Å². The smallest absolute Gasteiger partial charge is 0.248 e. The van der Waals surface area contributed by atoms with Gasteiger partial charge in [-0.2, -0.15) is 0 Å². The van der Waals surface area contributed by atoms with Gasteiger partial charge in [-0.05, 0) is 29.7 Å². The van der Waals surface area contributed by atoms with Crippen molar-refractivity contribution in [3.63, 3.8) is 0 Å². The molecule has 0 N–H and O–H groups in total. The largest absolute Gasteiger partial charge is 0.472 e. The maximum absolute atomic E-state index is 13.9. The second-order valence-corrected chi connectivity index (χ2v) is 7.51. The Kier molecular flexibility index (Phi) is 7.80. The van der Waals surface area contributed by atoms with Crippen molar-refractivity contribution < 1.29 is 23.1 Å². The summed E-state index contributed by atoms with van der Waals surface area (Å²) in [5.74, 6) is 0.0245. The van der Waals surface area contributed by atoms with Crippen molar-refractivity contribution in [1.29, 1.82) is 0 Å². The molecule has 1 saturated heterocycles. The summed E-state index contributed by atoms with van der Waals surface area (Å²) in [5, 5.41) is 0. The van der Waals surface area contributed by atoms with Crippen molar-refractivity contribution in [2.45, 2.75) is 12.5 Å². The lowest BCUT2D eigenvalue weighted by molar-refractivity contribution is -0.136. The Balaban J connectivity index is 1.77. The third-order valence-corrected chi connectivity index (χ3v) is 5.42. The van der Waals surface area contributed by atoms with Gasteiger partial charge in [-0.1, -0.05) is 12.1 Å². The van der Waals surface area contributed by atoms with Gasteiger partial charge in [0.15, 0.2) is 0 Å². The SMILES string of the molecule is COCCN(CC1CN(Cc2ccoc2)CC1c1cccc(F)c1)C(=O)COC. The van der Waals surface area contributed by atoms with Gasteiger partial charge < -0.3 is 18.8 Å². The number of amides is 1. The van der Waals surface area contributed by atoms with Gasteiger partial charge in [0, 0.05) is 58.4 Å². The average molecular weight is 404 g/mol.